The van der Waals surface area contributed by atoms with Crippen molar-refractivity contribution in [1.82, 2.24) is 5.32 Å². The maximum absolute atomic E-state index is 5.39. The highest BCUT2D eigenvalue weighted by molar-refractivity contribution is 5.44. The first-order valence-corrected chi connectivity index (χ1v) is 8.05. The molecule has 3 unspecified atom stereocenters. The van der Waals surface area contributed by atoms with Crippen molar-refractivity contribution in [2.24, 2.45) is 11.3 Å². The van der Waals surface area contributed by atoms with Gasteiger partial charge in [0.2, 0.25) is 0 Å². The lowest BCUT2D eigenvalue weighted by molar-refractivity contribution is -0.0545. The van der Waals surface area contributed by atoms with E-state index in [1.165, 1.54) is 31.2 Å². The van der Waals surface area contributed by atoms with Gasteiger partial charge in [-0.15, -0.1) is 0 Å². The van der Waals surface area contributed by atoms with Gasteiger partial charge in [-0.1, -0.05) is 19.9 Å². The molecule has 3 atom stereocenters. The van der Waals surface area contributed by atoms with Crippen molar-refractivity contribution in [2.45, 2.75) is 51.5 Å². The number of benzene rings is 1. The van der Waals surface area contributed by atoms with Crippen molar-refractivity contribution in [3.63, 3.8) is 0 Å². The molecule has 0 saturated heterocycles. The Bertz CT molecular complexity index is 492. The van der Waals surface area contributed by atoms with Crippen molar-refractivity contribution < 1.29 is 4.74 Å². The van der Waals surface area contributed by atoms with Crippen molar-refractivity contribution in [2.75, 3.05) is 14.2 Å². The monoisotopic (exact) mass is 273 g/mol. The third-order valence-corrected chi connectivity index (χ3v) is 6.15. The topological polar surface area (TPSA) is 21.3 Å². The summed E-state index contributed by atoms with van der Waals surface area (Å²) < 4.78 is 5.39. The molecular weight excluding hydrogens is 246 g/mol. The van der Waals surface area contributed by atoms with E-state index in [2.05, 4.69) is 44.4 Å². The van der Waals surface area contributed by atoms with Crippen LogP contribution in [0.2, 0.25) is 0 Å². The first-order valence-electron chi connectivity index (χ1n) is 8.05. The molecule has 1 N–H and O–H groups in total. The Kier molecular flexibility index (Phi) is 3.53. The number of hydrogen-bond acceptors (Lipinski definition) is 2. The minimum absolute atomic E-state index is 0.448. The molecule has 2 aliphatic rings. The van der Waals surface area contributed by atoms with Gasteiger partial charge >= 0.3 is 0 Å². The fraction of sp³-hybridized carbons (Fsp3) is 0.667. The number of fused-ring (bicyclic) bond motifs is 3. The fourth-order valence-corrected chi connectivity index (χ4v) is 5.18. The second-order valence-corrected chi connectivity index (χ2v) is 6.45. The van der Waals surface area contributed by atoms with E-state index in [-0.39, 0.29) is 0 Å². The van der Waals surface area contributed by atoms with Crippen molar-refractivity contribution in [3.8, 4) is 5.75 Å². The standard InChI is InChI=1S/C18H27NO/c1-5-18(6-2)16-14-10-8-13(20-4)11-12(14)7-9-15(16)17(18)19-3/h8,10-11,15-17,19H,5-7,9H2,1-4H3. The number of aryl methyl sites for hydroxylation is 1. The van der Waals surface area contributed by atoms with E-state index in [4.69, 9.17) is 4.74 Å². The van der Waals surface area contributed by atoms with Crippen LogP contribution in [0, 0.1) is 11.3 Å². The predicted molar refractivity (Wildman–Crippen MR) is 83.4 cm³/mol. The molecule has 0 heterocycles. The Morgan fingerprint density at radius 2 is 2.05 bits per heavy atom. The molecule has 0 bridgehead atoms. The molecular formula is C18H27NO. The van der Waals surface area contributed by atoms with Gasteiger partial charge in [-0.05, 0) is 73.2 Å². The van der Waals surface area contributed by atoms with Crippen LogP contribution in [0.15, 0.2) is 18.2 Å². The average molecular weight is 273 g/mol. The van der Waals surface area contributed by atoms with Crippen LogP contribution in [-0.4, -0.2) is 20.2 Å². The maximum atomic E-state index is 5.39. The molecule has 0 amide bonds. The Balaban J connectivity index is 2.02. The van der Waals surface area contributed by atoms with Gasteiger partial charge in [-0.3, -0.25) is 0 Å². The number of methoxy groups -OCH3 is 1. The van der Waals surface area contributed by atoms with Crippen LogP contribution in [0.5, 0.6) is 5.75 Å². The highest BCUT2D eigenvalue weighted by Crippen LogP contribution is 2.64. The molecule has 2 aliphatic carbocycles. The summed E-state index contributed by atoms with van der Waals surface area (Å²) in [5.41, 5.74) is 3.56. The van der Waals surface area contributed by atoms with Crippen LogP contribution in [0.3, 0.4) is 0 Å². The highest BCUT2D eigenvalue weighted by Gasteiger charge is 2.60. The van der Waals surface area contributed by atoms with Gasteiger partial charge in [0, 0.05) is 6.04 Å². The second kappa shape index (κ2) is 5.07. The lowest BCUT2D eigenvalue weighted by Crippen LogP contribution is -2.65. The zero-order chi connectivity index (χ0) is 14.3. The molecule has 0 aromatic heterocycles. The summed E-state index contributed by atoms with van der Waals surface area (Å²) in [6.45, 7) is 4.73. The summed E-state index contributed by atoms with van der Waals surface area (Å²) in [5, 5.41) is 3.62. The van der Waals surface area contributed by atoms with Gasteiger partial charge < -0.3 is 10.1 Å². The molecule has 1 saturated carbocycles. The van der Waals surface area contributed by atoms with Gasteiger partial charge in [-0.25, -0.2) is 0 Å². The van der Waals surface area contributed by atoms with Crippen LogP contribution in [0.25, 0.3) is 0 Å². The van der Waals surface area contributed by atoms with E-state index >= 15 is 0 Å². The van der Waals surface area contributed by atoms with E-state index in [1.54, 1.807) is 12.7 Å². The third-order valence-electron chi connectivity index (χ3n) is 6.15. The predicted octanol–water partition coefficient (Wildman–Crippen LogP) is 3.75. The van der Waals surface area contributed by atoms with E-state index in [1.807, 2.05) is 0 Å². The van der Waals surface area contributed by atoms with Crippen LogP contribution in [-0.2, 0) is 6.42 Å². The number of hydrogen-bond donors (Lipinski definition) is 1. The first-order chi connectivity index (χ1) is 9.71. The van der Waals surface area contributed by atoms with E-state index in [0.717, 1.165) is 17.6 Å². The Labute approximate surface area is 122 Å². The molecule has 110 valence electrons. The first kappa shape index (κ1) is 13.9. The van der Waals surface area contributed by atoms with Crippen molar-refractivity contribution in [1.29, 1.82) is 0 Å². The number of rotatable bonds is 4. The number of nitrogens with one attached hydrogen (secondary N) is 1. The molecule has 0 radical (unpaired) electrons. The van der Waals surface area contributed by atoms with Gasteiger partial charge in [-0.2, -0.15) is 0 Å². The minimum Gasteiger partial charge on any atom is -0.497 e. The van der Waals surface area contributed by atoms with Crippen LogP contribution >= 0.6 is 0 Å². The van der Waals surface area contributed by atoms with Crippen LogP contribution in [0.4, 0.5) is 0 Å². The Hall–Kier alpha value is -1.02. The summed E-state index contributed by atoms with van der Waals surface area (Å²) in [6, 6.07) is 7.42. The lowest BCUT2D eigenvalue weighted by Gasteiger charge is -2.64. The number of ether oxygens (including phenoxy) is 1. The Morgan fingerprint density at radius 1 is 1.30 bits per heavy atom. The molecule has 20 heavy (non-hydrogen) atoms. The van der Waals surface area contributed by atoms with E-state index in [9.17, 15) is 0 Å². The summed E-state index contributed by atoms with van der Waals surface area (Å²) in [6.07, 6.45) is 5.05. The molecule has 2 nitrogen and oxygen atoms in total. The van der Waals surface area contributed by atoms with Gasteiger partial charge in [0.15, 0.2) is 0 Å². The van der Waals surface area contributed by atoms with Crippen LogP contribution < -0.4 is 10.1 Å². The van der Waals surface area contributed by atoms with Crippen LogP contribution in [0.1, 0.15) is 50.2 Å². The molecule has 0 aliphatic heterocycles. The third kappa shape index (κ3) is 1.67. The fourth-order valence-electron chi connectivity index (χ4n) is 5.18. The lowest BCUT2D eigenvalue weighted by atomic mass is 9.43. The summed E-state index contributed by atoms with van der Waals surface area (Å²) in [4.78, 5) is 0. The van der Waals surface area contributed by atoms with Crippen molar-refractivity contribution in [3.05, 3.63) is 29.3 Å². The minimum atomic E-state index is 0.448. The SMILES string of the molecule is CCC1(CC)C(NC)C2CCc3cc(OC)ccc3C21. The molecule has 1 aromatic rings. The summed E-state index contributed by atoms with van der Waals surface area (Å²) in [5.74, 6) is 2.57. The molecule has 2 heteroatoms. The maximum Gasteiger partial charge on any atom is 0.119 e. The normalized spacial score (nSPS) is 30.1. The largest absolute Gasteiger partial charge is 0.497 e. The van der Waals surface area contributed by atoms with E-state index < -0.39 is 0 Å². The van der Waals surface area contributed by atoms with Gasteiger partial charge in [0.1, 0.15) is 5.75 Å². The zero-order valence-electron chi connectivity index (χ0n) is 13.2. The Morgan fingerprint density at radius 3 is 2.65 bits per heavy atom. The summed E-state index contributed by atoms with van der Waals surface area (Å²) >= 11 is 0. The highest BCUT2D eigenvalue weighted by atomic mass is 16.5. The molecule has 3 rings (SSSR count). The zero-order valence-corrected chi connectivity index (χ0v) is 13.2. The molecule has 1 aromatic carbocycles. The smallest absolute Gasteiger partial charge is 0.119 e. The van der Waals surface area contributed by atoms with Gasteiger partial charge in [0.25, 0.3) is 0 Å². The van der Waals surface area contributed by atoms with Crippen molar-refractivity contribution >= 4 is 0 Å². The van der Waals surface area contributed by atoms with Gasteiger partial charge in [0.05, 0.1) is 7.11 Å². The average Bonchev–Trinajstić information content (AvgIpc) is 2.48. The molecule has 1 fully saturated rings. The summed E-state index contributed by atoms with van der Waals surface area (Å²) in [7, 11) is 3.90. The second-order valence-electron chi connectivity index (χ2n) is 6.45. The molecule has 0 spiro atoms. The quantitative estimate of drug-likeness (QED) is 0.902. The van der Waals surface area contributed by atoms with E-state index in [0.29, 0.717) is 11.5 Å².